The van der Waals surface area contributed by atoms with E-state index < -0.39 is 53.1 Å². The van der Waals surface area contributed by atoms with Crippen molar-refractivity contribution >= 4 is 41.3 Å². The van der Waals surface area contributed by atoms with Crippen molar-refractivity contribution < 1.29 is 44.0 Å². The van der Waals surface area contributed by atoms with Gasteiger partial charge >= 0.3 is 11.9 Å². The molecule has 57 heavy (non-hydrogen) atoms. The number of esters is 1. The number of aromatic nitrogens is 2. The molecule has 17 nitrogen and oxygen atoms in total. The number of nitrogens with one attached hydrogen (secondary N) is 4. The van der Waals surface area contributed by atoms with Crippen LogP contribution in [-0.4, -0.2) is 140 Å². The number of rotatable bonds is 18. The number of fused-ring (bicyclic) bond motifs is 2. The van der Waals surface area contributed by atoms with Gasteiger partial charge in [0, 0.05) is 57.7 Å². The van der Waals surface area contributed by atoms with E-state index in [1.807, 2.05) is 23.1 Å². The van der Waals surface area contributed by atoms with E-state index in [0.29, 0.717) is 38.2 Å². The van der Waals surface area contributed by atoms with Gasteiger partial charge in [-0.05, 0) is 81.2 Å². The number of unbranched alkanes of at least 4 members (excludes halogenated alkanes) is 3. The van der Waals surface area contributed by atoms with Crippen LogP contribution >= 0.6 is 0 Å². The third kappa shape index (κ3) is 10.6. The number of carboxylic acid groups (broad SMARTS) is 1. The van der Waals surface area contributed by atoms with Crippen LogP contribution in [0.15, 0.2) is 24.3 Å². The fourth-order valence-electron chi connectivity index (χ4n) is 8.18. The molecule has 4 aliphatic rings. The van der Waals surface area contributed by atoms with Crippen LogP contribution in [0.1, 0.15) is 81.3 Å². The zero-order valence-electron chi connectivity index (χ0n) is 32.8. The van der Waals surface area contributed by atoms with E-state index >= 15 is 0 Å². The number of carbonyl (C=O) groups is 5. The second kappa shape index (κ2) is 18.2. The van der Waals surface area contributed by atoms with Crippen LogP contribution in [0.4, 0.5) is 11.6 Å². The van der Waals surface area contributed by atoms with Crippen molar-refractivity contribution in [2.24, 2.45) is 0 Å². The quantitative estimate of drug-likeness (QED) is 0.0808. The third-order valence-corrected chi connectivity index (χ3v) is 11.2. The standard InChI is InChI=1S/C40H56N8O9/c1-25(49)43-33(37(52)53)39(55)21-47(22-39)18-7-3-4-10-29-16-14-28-19-31(20-42-36(28)46-29)57-38(54)34(44-26(2)50)40(56)23-48(24-40)32(51)12-6-5-11-30-15-13-27-9-8-17-41-35(27)45-30/h13-16,31,33-34,55-56H,3-12,17-24H2,1-2H3,(H,41,45)(H,42,46)(H,43,49)(H,44,50)(H,52,53). The molecule has 4 aliphatic heterocycles. The Bertz CT molecular complexity index is 1810. The van der Waals surface area contributed by atoms with Gasteiger partial charge in [0.1, 0.15) is 28.9 Å². The summed E-state index contributed by atoms with van der Waals surface area (Å²) in [6.07, 6.45) is 7.92. The predicted molar refractivity (Wildman–Crippen MR) is 208 cm³/mol. The Morgan fingerprint density at radius 1 is 0.825 bits per heavy atom. The summed E-state index contributed by atoms with van der Waals surface area (Å²) in [6, 6.07) is 5.40. The Balaban J connectivity index is 0.894. The van der Waals surface area contributed by atoms with Gasteiger partial charge in [0.15, 0.2) is 12.1 Å². The molecule has 2 aromatic heterocycles. The summed E-state index contributed by atoms with van der Waals surface area (Å²) in [5, 5.41) is 42.9. The first-order chi connectivity index (χ1) is 27.2. The number of likely N-dealkylation sites (tertiary alicyclic amines) is 2. The Labute approximate surface area is 332 Å². The van der Waals surface area contributed by atoms with E-state index in [0.717, 1.165) is 80.7 Å². The summed E-state index contributed by atoms with van der Waals surface area (Å²) in [6.45, 7) is 4.62. The number of ether oxygens (including phenoxy) is 1. The van der Waals surface area contributed by atoms with E-state index in [1.54, 1.807) is 0 Å². The molecule has 0 saturated carbocycles. The Morgan fingerprint density at radius 3 is 2.11 bits per heavy atom. The molecule has 3 amide bonds. The maximum absolute atomic E-state index is 13.4. The summed E-state index contributed by atoms with van der Waals surface area (Å²) in [4.78, 5) is 74.3. The molecule has 6 heterocycles. The topological polar surface area (TPSA) is 236 Å². The number of pyridine rings is 2. The monoisotopic (exact) mass is 792 g/mol. The van der Waals surface area contributed by atoms with Gasteiger partial charge < -0.3 is 46.2 Å². The van der Waals surface area contributed by atoms with E-state index in [2.05, 4.69) is 27.3 Å². The minimum atomic E-state index is -1.65. The SMILES string of the molecule is CC(=O)NC(C(=O)O)C1(O)CN(CCCCCc2ccc3c(n2)NCC(OC(=O)C(NC(C)=O)C2(O)CN(C(=O)CCCCc4ccc5c(n4)NCCC5)C2)C3)C1. The summed E-state index contributed by atoms with van der Waals surface area (Å²) in [5.41, 5.74) is 0.887. The van der Waals surface area contributed by atoms with Crippen molar-refractivity contribution in [1.29, 1.82) is 0 Å². The van der Waals surface area contributed by atoms with E-state index in [4.69, 9.17) is 14.7 Å². The molecule has 17 heteroatoms. The lowest BCUT2D eigenvalue weighted by Crippen LogP contribution is -2.74. The number of aliphatic hydroxyl groups is 2. The Morgan fingerprint density at radius 2 is 1.44 bits per heavy atom. The molecule has 0 bridgehead atoms. The number of amides is 3. The molecular weight excluding hydrogens is 736 g/mol. The van der Waals surface area contributed by atoms with Crippen molar-refractivity contribution in [2.45, 2.75) is 114 Å². The highest BCUT2D eigenvalue weighted by atomic mass is 16.5. The summed E-state index contributed by atoms with van der Waals surface area (Å²) in [7, 11) is 0. The van der Waals surface area contributed by atoms with Crippen LogP contribution in [0.3, 0.4) is 0 Å². The first-order valence-corrected chi connectivity index (χ1v) is 20.1. The lowest BCUT2D eigenvalue weighted by Gasteiger charge is -2.49. The number of aryl methyl sites for hydroxylation is 3. The molecule has 2 saturated heterocycles. The lowest BCUT2D eigenvalue weighted by atomic mass is 9.85. The fraction of sp³-hybridized carbons (Fsp3) is 0.625. The number of nitrogens with zero attached hydrogens (tertiary/aromatic N) is 4. The Hall–Kier alpha value is -4.87. The average Bonchev–Trinajstić information content (AvgIpc) is 3.15. The largest absolute Gasteiger partial charge is 0.480 e. The van der Waals surface area contributed by atoms with Crippen LogP contribution in [0.5, 0.6) is 0 Å². The van der Waals surface area contributed by atoms with Crippen LogP contribution in [0.25, 0.3) is 0 Å². The van der Waals surface area contributed by atoms with Crippen LogP contribution < -0.4 is 21.3 Å². The van der Waals surface area contributed by atoms with Crippen molar-refractivity contribution in [1.82, 2.24) is 30.4 Å². The first-order valence-electron chi connectivity index (χ1n) is 20.1. The highest BCUT2D eigenvalue weighted by Gasteiger charge is 2.54. The van der Waals surface area contributed by atoms with Crippen LogP contribution in [0.2, 0.25) is 0 Å². The zero-order valence-corrected chi connectivity index (χ0v) is 32.8. The second-order valence-electron chi connectivity index (χ2n) is 16.1. The molecule has 0 aliphatic carbocycles. The van der Waals surface area contributed by atoms with Gasteiger partial charge in [-0.3, -0.25) is 19.3 Å². The number of hydrogen-bond acceptors (Lipinski definition) is 13. The molecule has 7 N–H and O–H groups in total. The number of carbonyl (C=O) groups excluding carboxylic acids is 4. The molecular formula is C40H56N8O9. The average molecular weight is 793 g/mol. The molecule has 6 rings (SSSR count). The van der Waals surface area contributed by atoms with E-state index in [-0.39, 0.29) is 32.1 Å². The molecule has 3 unspecified atom stereocenters. The number of aliphatic carboxylic acids is 1. The minimum Gasteiger partial charge on any atom is -0.480 e. The van der Waals surface area contributed by atoms with E-state index in [9.17, 15) is 39.3 Å². The number of β-amino-alcohol motifs (C(OH)–C–C–N with tert-alkyl or cyclic N) is 2. The summed E-state index contributed by atoms with van der Waals surface area (Å²) < 4.78 is 5.81. The molecule has 0 radical (unpaired) electrons. The minimum absolute atomic E-state index is 0.0862. The predicted octanol–water partition coefficient (Wildman–Crippen LogP) is 0.554. The van der Waals surface area contributed by atoms with E-state index in [1.165, 1.54) is 24.3 Å². The van der Waals surface area contributed by atoms with Crippen molar-refractivity contribution in [2.75, 3.05) is 56.4 Å². The molecule has 0 aromatic carbocycles. The molecule has 0 spiro atoms. The van der Waals surface area contributed by atoms with Crippen LogP contribution in [0, 0.1) is 0 Å². The zero-order chi connectivity index (χ0) is 40.7. The van der Waals surface area contributed by atoms with Gasteiger partial charge in [-0.1, -0.05) is 18.6 Å². The van der Waals surface area contributed by atoms with Gasteiger partial charge in [0.2, 0.25) is 17.7 Å². The number of carboxylic acids is 1. The maximum Gasteiger partial charge on any atom is 0.332 e. The molecule has 3 atom stereocenters. The third-order valence-electron chi connectivity index (χ3n) is 11.2. The number of anilines is 2. The van der Waals surface area contributed by atoms with Gasteiger partial charge in [-0.2, -0.15) is 0 Å². The van der Waals surface area contributed by atoms with Gasteiger partial charge in [-0.15, -0.1) is 0 Å². The summed E-state index contributed by atoms with van der Waals surface area (Å²) >= 11 is 0. The fourth-order valence-corrected chi connectivity index (χ4v) is 8.18. The van der Waals surface area contributed by atoms with Crippen molar-refractivity contribution in [3.8, 4) is 0 Å². The van der Waals surface area contributed by atoms with Gasteiger partial charge in [0.25, 0.3) is 0 Å². The highest BCUT2D eigenvalue weighted by molar-refractivity contribution is 5.86. The van der Waals surface area contributed by atoms with Crippen molar-refractivity contribution in [3.63, 3.8) is 0 Å². The smallest absolute Gasteiger partial charge is 0.332 e. The lowest BCUT2D eigenvalue weighted by molar-refractivity contribution is -0.180. The normalized spacial score (nSPS) is 20.1. The first kappa shape index (κ1) is 41.8. The Kier molecular flexibility index (Phi) is 13.3. The molecule has 2 fully saturated rings. The maximum atomic E-state index is 13.4. The van der Waals surface area contributed by atoms with Gasteiger partial charge in [0.05, 0.1) is 19.6 Å². The second-order valence-corrected chi connectivity index (χ2v) is 16.1. The number of hydrogen-bond donors (Lipinski definition) is 7. The molecule has 2 aromatic rings. The van der Waals surface area contributed by atoms with Crippen molar-refractivity contribution in [3.05, 3.63) is 46.8 Å². The highest BCUT2D eigenvalue weighted by Crippen LogP contribution is 2.30. The van der Waals surface area contributed by atoms with Crippen LogP contribution in [-0.2, 0) is 54.4 Å². The summed E-state index contributed by atoms with van der Waals surface area (Å²) in [5.74, 6) is -1.46. The molecule has 310 valence electrons. The van der Waals surface area contributed by atoms with Gasteiger partial charge in [-0.25, -0.2) is 19.6 Å².